The molecule has 1 N–H and O–H groups in total. The molecule has 9 heteroatoms. The SMILES string of the molecule is CCN(CC)S(=O)(=O)c1ccc(OC)c(NC(=O)c2ccc(C(=O)C(=O)c3ccccc3)cc2)c1. The molecule has 0 bridgehead atoms. The van der Waals surface area contributed by atoms with Crippen LogP contribution < -0.4 is 10.1 Å². The third-order valence-corrected chi connectivity index (χ3v) is 7.46. The molecule has 0 saturated heterocycles. The van der Waals surface area contributed by atoms with Crippen LogP contribution in [0.3, 0.4) is 0 Å². The van der Waals surface area contributed by atoms with Crippen LogP contribution in [0.1, 0.15) is 44.9 Å². The van der Waals surface area contributed by atoms with Crippen molar-refractivity contribution in [2.24, 2.45) is 0 Å². The zero-order valence-electron chi connectivity index (χ0n) is 19.6. The predicted octanol–water partition coefficient (Wildman–Crippen LogP) is 4.04. The van der Waals surface area contributed by atoms with Crippen molar-refractivity contribution in [3.8, 4) is 5.75 Å². The predicted molar refractivity (Wildman–Crippen MR) is 133 cm³/mol. The van der Waals surface area contributed by atoms with Crippen LogP contribution in [0.4, 0.5) is 5.69 Å². The summed E-state index contributed by atoms with van der Waals surface area (Å²) in [5.41, 5.74) is 0.837. The third-order valence-electron chi connectivity index (χ3n) is 5.41. The second kappa shape index (κ2) is 11.1. The van der Waals surface area contributed by atoms with Crippen LogP contribution in [0.25, 0.3) is 0 Å². The number of ketones is 2. The standard InChI is InChI=1S/C26H26N2O6S/c1-4-28(5-2)35(32,33)21-15-16-23(34-3)22(17-21)27-26(31)20-13-11-19(12-14-20)25(30)24(29)18-9-7-6-8-10-18/h6-17H,4-5H2,1-3H3,(H,27,31). The number of ether oxygens (including phenoxy) is 1. The molecular formula is C26H26N2O6S. The lowest BCUT2D eigenvalue weighted by Crippen LogP contribution is -2.30. The first kappa shape index (κ1) is 25.8. The number of hydrogen-bond donors (Lipinski definition) is 1. The van der Waals surface area contributed by atoms with Crippen LogP contribution in [0.15, 0.2) is 77.7 Å². The van der Waals surface area contributed by atoms with Gasteiger partial charge >= 0.3 is 0 Å². The number of nitrogens with one attached hydrogen (secondary N) is 1. The summed E-state index contributed by atoms with van der Waals surface area (Å²) in [7, 11) is -2.33. The van der Waals surface area contributed by atoms with E-state index in [0.29, 0.717) is 13.1 Å². The second-order valence-electron chi connectivity index (χ2n) is 7.51. The summed E-state index contributed by atoms with van der Waals surface area (Å²) in [5.74, 6) is -1.57. The fraction of sp³-hybridized carbons (Fsp3) is 0.192. The van der Waals surface area contributed by atoms with Gasteiger partial charge in [0.25, 0.3) is 5.91 Å². The van der Waals surface area contributed by atoms with Gasteiger partial charge in [0.1, 0.15) is 5.75 Å². The molecule has 0 radical (unpaired) electrons. The Hall–Kier alpha value is -3.82. The summed E-state index contributed by atoms with van der Waals surface area (Å²) in [4.78, 5) is 37.8. The molecular weight excluding hydrogens is 468 g/mol. The first-order chi connectivity index (χ1) is 16.7. The van der Waals surface area contributed by atoms with Crippen LogP contribution in [0.5, 0.6) is 5.75 Å². The van der Waals surface area contributed by atoms with E-state index in [-0.39, 0.29) is 33.0 Å². The number of rotatable bonds is 10. The number of methoxy groups -OCH3 is 1. The van der Waals surface area contributed by atoms with Crippen LogP contribution in [0.2, 0.25) is 0 Å². The number of anilines is 1. The zero-order valence-corrected chi connectivity index (χ0v) is 20.5. The number of carbonyl (C=O) groups excluding carboxylic acids is 3. The minimum atomic E-state index is -3.74. The summed E-state index contributed by atoms with van der Waals surface area (Å²) in [6.45, 7) is 4.11. The Kier molecular flexibility index (Phi) is 8.16. The Bertz CT molecular complexity index is 1330. The van der Waals surface area contributed by atoms with E-state index in [9.17, 15) is 22.8 Å². The molecule has 0 heterocycles. The summed E-state index contributed by atoms with van der Waals surface area (Å²) in [5, 5.41) is 2.66. The fourth-order valence-corrected chi connectivity index (χ4v) is 4.96. The largest absolute Gasteiger partial charge is 0.495 e. The molecule has 1 amide bonds. The summed E-state index contributed by atoms with van der Waals surface area (Å²) in [6.07, 6.45) is 0. The smallest absolute Gasteiger partial charge is 0.255 e. The average Bonchev–Trinajstić information content (AvgIpc) is 2.88. The van der Waals surface area contributed by atoms with Gasteiger partial charge in [0.15, 0.2) is 0 Å². The topological polar surface area (TPSA) is 110 Å². The van der Waals surface area contributed by atoms with E-state index in [4.69, 9.17) is 4.74 Å². The molecule has 0 aliphatic rings. The molecule has 0 aliphatic carbocycles. The lowest BCUT2D eigenvalue weighted by molar-refractivity contribution is 0.0817. The van der Waals surface area contributed by atoms with E-state index in [2.05, 4.69) is 5.32 Å². The number of Topliss-reactive ketones (excluding diaryl/α,β-unsaturated/α-hetero) is 2. The van der Waals surface area contributed by atoms with Crippen molar-refractivity contribution < 1.29 is 27.5 Å². The van der Waals surface area contributed by atoms with Gasteiger partial charge in [-0.25, -0.2) is 8.42 Å². The van der Waals surface area contributed by atoms with E-state index in [1.165, 1.54) is 53.9 Å². The molecule has 35 heavy (non-hydrogen) atoms. The Balaban J connectivity index is 1.82. The van der Waals surface area contributed by atoms with Crippen LogP contribution in [-0.2, 0) is 10.0 Å². The second-order valence-corrected chi connectivity index (χ2v) is 9.45. The van der Waals surface area contributed by atoms with Crippen molar-refractivity contribution in [1.29, 1.82) is 0 Å². The first-order valence-corrected chi connectivity index (χ1v) is 12.4. The highest BCUT2D eigenvalue weighted by Gasteiger charge is 2.24. The van der Waals surface area contributed by atoms with Gasteiger partial charge in [-0.15, -0.1) is 0 Å². The first-order valence-electron chi connectivity index (χ1n) is 11.0. The number of benzene rings is 3. The highest BCUT2D eigenvalue weighted by molar-refractivity contribution is 7.89. The molecule has 0 saturated carbocycles. The maximum atomic E-state index is 12.9. The van der Waals surface area contributed by atoms with Gasteiger partial charge in [-0.05, 0) is 30.3 Å². The van der Waals surface area contributed by atoms with Gasteiger partial charge < -0.3 is 10.1 Å². The van der Waals surface area contributed by atoms with Crippen molar-refractivity contribution in [2.75, 3.05) is 25.5 Å². The van der Waals surface area contributed by atoms with Crippen molar-refractivity contribution in [1.82, 2.24) is 4.31 Å². The third kappa shape index (κ3) is 5.64. The zero-order chi connectivity index (χ0) is 25.6. The van der Waals surface area contributed by atoms with Crippen molar-refractivity contribution >= 4 is 33.2 Å². The maximum absolute atomic E-state index is 12.9. The Labute approximate surface area is 204 Å². The van der Waals surface area contributed by atoms with Crippen LogP contribution in [-0.4, -0.2) is 50.4 Å². The molecule has 0 unspecified atom stereocenters. The highest BCUT2D eigenvalue weighted by atomic mass is 32.2. The molecule has 0 aliphatic heterocycles. The highest BCUT2D eigenvalue weighted by Crippen LogP contribution is 2.29. The molecule has 8 nitrogen and oxygen atoms in total. The number of amides is 1. The minimum Gasteiger partial charge on any atom is -0.495 e. The minimum absolute atomic E-state index is 0.0256. The quantitative estimate of drug-likeness (QED) is 0.336. The van der Waals surface area contributed by atoms with E-state index < -0.39 is 27.5 Å². The lowest BCUT2D eigenvalue weighted by Gasteiger charge is -2.19. The number of sulfonamides is 1. The monoisotopic (exact) mass is 494 g/mol. The van der Waals surface area contributed by atoms with Crippen molar-refractivity contribution in [3.05, 3.63) is 89.5 Å². The molecule has 3 aromatic carbocycles. The van der Waals surface area contributed by atoms with Gasteiger partial charge in [-0.2, -0.15) is 4.31 Å². The average molecular weight is 495 g/mol. The van der Waals surface area contributed by atoms with Gasteiger partial charge in [0.05, 0.1) is 17.7 Å². The molecule has 0 fully saturated rings. The van der Waals surface area contributed by atoms with Crippen LogP contribution >= 0.6 is 0 Å². The molecule has 0 atom stereocenters. The lowest BCUT2D eigenvalue weighted by atomic mass is 10.0. The van der Waals surface area contributed by atoms with Gasteiger partial charge in [-0.3, -0.25) is 14.4 Å². The van der Waals surface area contributed by atoms with Crippen molar-refractivity contribution in [3.63, 3.8) is 0 Å². The van der Waals surface area contributed by atoms with E-state index in [1.807, 2.05) is 0 Å². The van der Waals surface area contributed by atoms with Crippen LogP contribution in [0, 0.1) is 0 Å². The summed E-state index contributed by atoms with van der Waals surface area (Å²) < 4.78 is 32.3. The number of hydrogen-bond acceptors (Lipinski definition) is 6. The normalized spacial score (nSPS) is 11.2. The van der Waals surface area contributed by atoms with Crippen molar-refractivity contribution in [2.45, 2.75) is 18.7 Å². The number of carbonyl (C=O) groups is 3. The van der Waals surface area contributed by atoms with Gasteiger partial charge in [0.2, 0.25) is 21.6 Å². The fourth-order valence-electron chi connectivity index (χ4n) is 3.48. The van der Waals surface area contributed by atoms with E-state index >= 15 is 0 Å². The molecule has 182 valence electrons. The molecule has 0 aromatic heterocycles. The maximum Gasteiger partial charge on any atom is 0.255 e. The van der Waals surface area contributed by atoms with E-state index in [1.54, 1.807) is 44.2 Å². The van der Waals surface area contributed by atoms with Gasteiger partial charge in [0, 0.05) is 29.8 Å². The molecule has 3 aromatic rings. The Morgan fingerprint density at radius 2 is 1.34 bits per heavy atom. The number of nitrogens with zero attached hydrogens (tertiary/aromatic N) is 1. The molecule has 3 rings (SSSR count). The van der Waals surface area contributed by atoms with E-state index in [0.717, 1.165) is 0 Å². The Morgan fingerprint density at radius 1 is 0.800 bits per heavy atom. The van der Waals surface area contributed by atoms with Gasteiger partial charge in [-0.1, -0.05) is 56.3 Å². The molecule has 0 spiro atoms. The Morgan fingerprint density at radius 3 is 1.89 bits per heavy atom. The summed E-state index contributed by atoms with van der Waals surface area (Å²) >= 11 is 0. The summed E-state index contributed by atoms with van der Waals surface area (Å²) in [6, 6.07) is 18.1.